The Bertz CT molecular complexity index is 1350. The number of pyridine rings is 1. The highest BCUT2D eigenvalue weighted by Crippen LogP contribution is 2.33. The lowest BCUT2D eigenvalue weighted by molar-refractivity contribution is -0.136. The molecule has 0 radical (unpaired) electrons. The molecule has 36 heavy (non-hydrogen) atoms. The van der Waals surface area contributed by atoms with Crippen LogP contribution in [0.4, 0.5) is 0 Å². The summed E-state index contributed by atoms with van der Waals surface area (Å²) in [5.74, 6) is -0.810. The molecule has 1 aromatic heterocycles. The molecule has 0 saturated heterocycles. The summed E-state index contributed by atoms with van der Waals surface area (Å²) in [5.41, 5.74) is 4.75. The Morgan fingerprint density at radius 3 is 2.42 bits per heavy atom. The number of aliphatic carboxylic acids is 1. The predicted molar refractivity (Wildman–Crippen MR) is 136 cm³/mol. The Hall–Kier alpha value is -3.56. The number of amides is 1. The standard InChI is InChI=1S/C27H29N3O5S/c1-36(34,35)29-15-20-7-10-25(23-12-21(13-26(31)32)14-28-16-23)24(11-20)18-30(27(33)22-8-9-22)17-19-5-3-2-4-6-19/h2-7,10-12,14,16,22,29H,8-9,13,15,17-18H2,1H3,(H,31,32). The average Bonchev–Trinajstić information content (AvgIpc) is 3.68. The molecule has 9 heteroatoms. The van der Waals surface area contributed by atoms with Gasteiger partial charge in [0.05, 0.1) is 12.7 Å². The molecule has 2 N–H and O–H groups in total. The first-order valence-corrected chi connectivity index (χ1v) is 13.6. The van der Waals surface area contributed by atoms with Crippen molar-refractivity contribution < 1.29 is 23.1 Å². The highest BCUT2D eigenvalue weighted by Gasteiger charge is 2.33. The van der Waals surface area contributed by atoms with Gasteiger partial charge in [0.25, 0.3) is 0 Å². The molecule has 1 amide bonds. The van der Waals surface area contributed by atoms with Crippen molar-refractivity contribution in [2.45, 2.75) is 38.9 Å². The zero-order valence-electron chi connectivity index (χ0n) is 20.1. The van der Waals surface area contributed by atoms with Crippen LogP contribution in [0.15, 0.2) is 67.0 Å². The lowest BCUT2D eigenvalue weighted by Crippen LogP contribution is -2.31. The highest BCUT2D eigenvalue weighted by molar-refractivity contribution is 7.88. The Labute approximate surface area is 211 Å². The van der Waals surface area contributed by atoms with Crippen LogP contribution in [0.5, 0.6) is 0 Å². The zero-order valence-corrected chi connectivity index (χ0v) is 20.9. The molecule has 1 saturated carbocycles. The van der Waals surface area contributed by atoms with E-state index >= 15 is 0 Å². The summed E-state index contributed by atoms with van der Waals surface area (Å²) in [5, 5.41) is 9.19. The van der Waals surface area contributed by atoms with Crippen molar-refractivity contribution in [1.29, 1.82) is 0 Å². The van der Waals surface area contributed by atoms with E-state index in [1.165, 1.54) is 6.20 Å². The van der Waals surface area contributed by atoms with Crippen LogP contribution >= 0.6 is 0 Å². The maximum atomic E-state index is 13.2. The van der Waals surface area contributed by atoms with Crippen LogP contribution in [0.2, 0.25) is 0 Å². The second kappa shape index (κ2) is 11.0. The molecule has 0 aliphatic heterocycles. The maximum absolute atomic E-state index is 13.2. The van der Waals surface area contributed by atoms with Crippen LogP contribution in [-0.2, 0) is 45.7 Å². The molecule has 1 aliphatic carbocycles. The highest BCUT2D eigenvalue weighted by atomic mass is 32.2. The Balaban J connectivity index is 1.71. The van der Waals surface area contributed by atoms with E-state index in [1.807, 2.05) is 53.4 Å². The first-order chi connectivity index (χ1) is 17.2. The molecule has 3 aromatic rings. The summed E-state index contributed by atoms with van der Waals surface area (Å²) >= 11 is 0. The van der Waals surface area contributed by atoms with Crippen molar-refractivity contribution in [3.05, 3.63) is 89.2 Å². The minimum Gasteiger partial charge on any atom is -0.481 e. The Morgan fingerprint density at radius 2 is 1.75 bits per heavy atom. The van der Waals surface area contributed by atoms with Gasteiger partial charge in [0.1, 0.15) is 0 Å². The normalized spacial score (nSPS) is 13.4. The maximum Gasteiger partial charge on any atom is 0.307 e. The number of sulfonamides is 1. The second-order valence-corrected chi connectivity index (χ2v) is 11.0. The van der Waals surface area contributed by atoms with E-state index in [0.717, 1.165) is 46.9 Å². The van der Waals surface area contributed by atoms with Crippen LogP contribution in [-0.4, -0.2) is 41.5 Å². The van der Waals surface area contributed by atoms with Gasteiger partial charge in [0.2, 0.25) is 15.9 Å². The van der Waals surface area contributed by atoms with Crippen molar-refractivity contribution in [2.24, 2.45) is 5.92 Å². The summed E-state index contributed by atoms with van der Waals surface area (Å²) in [7, 11) is -3.37. The molecule has 0 bridgehead atoms. The number of carboxylic acid groups (broad SMARTS) is 1. The topological polar surface area (TPSA) is 117 Å². The smallest absolute Gasteiger partial charge is 0.307 e. The molecule has 0 atom stereocenters. The number of benzene rings is 2. The monoisotopic (exact) mass is 507 g/mol. The first-order valence-electron chi connectivity index (χ1n) is 11.7. The van der Waals surface area contributed by atoms with Gasteiger partial charge in [-0.3, -0.25) is 14.6 Å². The largest absolute Gasteiger partial charge is 0.481 e. The van der Waals surface area contributed by atoms with Gasteiger partial charge in [-0.25, -0.2) is 13.1 Å². The average molecular weight is 508 g/mol. The van der Waals surface area contributed by atoms with Crippen LogP contribution < -0.4 is 4.72 Å². The van der Waals surface area contributed by atoms with E-state index in [1.54, 1.807) is 12.3 Å². The quantitative estimate of drug-likeness (QED) is 0.411. The number of hydrogen-bond donors (Lipinski definition) is 2. The number of carboxylic acids is 1. The van der Waals surface area contributed by atoms with E-state index < -0.39 is 16.0 Å². The zero-order chi connectivity index (χ0) is 25.7. The first kappa shape index (κ1) is 25.5. The number of carbonyl (C=O) groups excluding carboxylic acids is 1. The van der Waals surface area contributed by atoms with E-state index in [-0.39, 0.29) is 24.8 Å². The lowest BCUT2D eigenvalue weighted by Gasteiger charge is -2.25. The summed E-state index contributed by atoms with van der Waals surface area (Å²) in [4.78, 5) is 30.5. The van der Waals surface area contributed by atoms with Gasteiger partial charge in [0, 0.05) is 43.5 Å². The van der Waals surface area contributed by atoms with Crippen molar-refractivity contribution in [1.82, 2.24) is 14.6 Å². The Kier molecular flexibility index (Phi) is 7.81. The van der Waals surface area contributed by atoms with Crippen LogP contribution in [0.1, 0.15) is 35.1 Å². The predicted octanol–water partition coefficient (Wildman–Crippen LogP) is 3.36. The minimum atomic E-state index is -3.37. The molecule has 2 aromatic carbocycles. The SMILES string of the molecule is CS(=O)(=O)NCc1ccc(-c2cncc(CC(=O)O)c2)c(CN(Cc2ccccc2)C(=O)C2CC2)c1. The number of nitrogens with zero attached hydrogens (tertiary/aromatic N) is 2. The molecule has 1 heterocycles. The van der Waals surface area contributed by atoms with Gasteiger partial charge in [-0.05, 0) is 46.7 Å². The van der Waals surface area contributed by atoms with E-state index in [2.05, 4.69) is 9.71 Å². The molecule has 4 rings (SSSR count). The summed E-state index contributed by atoms with van der Waals surface area (Å²) in [6.07, 6.45) is 5.93. The fourth-order valence-electron chi connectivity index (χ4n) is 4.10. The van der Waals surface area contributed by atoms with Crippen molar-refractivity contribution >= 4 is 21.9 Å². The molecular formula is C27H29N3O5S. The van der Waals surface area contributed by atoms with Crippen LogP contribution in [0.25, 0.3) is 11.1 Å². The molecule has 0 unspecified atom stereocenters. The van der Waals surface area contributed by atoms with Gasteiger partial charge in [-0.1, -0.05) is 48.5 Å². The second-order valence-electron chi connectivity index (χ2n) is 9.19. The fourth-order valence-corrected chi connectivity index (χ4v) is 4.53. The van der Waals surface area contributed by atoms with E-state index in [4.69, 9.17) is 0 Å². The number of aromatic nitrogens is 1. The van der Waals surface area contributed by atoms with Crippen molar-refractivity contribution in [3.8, 4) is 11.1 Å². The third kappa shape index (κ3) is 7.22. The molecule has 0 spiro atoms. The minimum absolute atomic E-state index is 0.0350. The number of nitrogens with one attached hydrogen (secondary N) is 1. The van der Waals surface area contributed by atoms with Gasteiger partial charge < -0.3 is 10.0 Å². The molecule has 8 nitrogen and oxygen atoms in total. The molecule has 1 fully saturated rings. The molecule has 1 aliphatic rings. The third-order valence-corrected chi connectivity index (χ3v) is 6.65. The molecule has 188 valence electrons. The molecular weight excluding hydrogens is 478 g/mol. The number of rotatable bonds is 11. The lowest BCUT2D eigenvalue weighted by atomic mass is 9.96. The summed E-state index contributed by atoms with van der Waals surface area (Å²) in [6.45, 7) is 0.910. The summed E-state index contributed by atoms with van der Waals surface area (Å²) < 4.78 is 25.8. The number of hydrogen-bond acceptors (Lipinski definition) is 5. The van der Waals surface area contributed by atoms with Crippen LogP contribution in [0.3, 0.4) is 0 Å². The van der Waals surface area contributed by atoms with Gasteiger partial charge >= 0.3 is 5.97 Å². The Morgan fingerprint density at radius 1 is 1.00 bits per heavy atom. The van der Waals surface area contributed by atoms with E-state index in [9.17, 15) is 23.1 Å². The van der Waals surface area contributed by atoms with Crippen LogP contribution in [0, 0.1) is 5.92 Å². The van der Waals surface area contributed by atoms with Gasteiger partial charge in [-0.2, -0.15) is 0 Å². The number of carbonyl (C=O) groups is 2. The van der Waals surface area contributed by atoms with E-state index in [0.29, 0.717) is 18.7 Å². The summed E-state index contributed by atoms with van der Waals surface area (Å²) in [6, 6.07) is 17.2. The fraction of sp³-hybridized carbons (Fsp3) is 0.296. The third-order valence-electron chi connectivity index (χ3n) is 5.99. The van der Waals surface area contributed by atoms with Crippen molar-refractivity contribution in [2.75, 3.05) is 6.26 Å². The van der Waals surface area contributed by atoms with Crippen molar-refractivity contribution in [3.63, 3.8) is 0 Å². The van der Waals surface area contributed by atoms with Gasteiger partial charge in [0.15, 0.2) is 0 Å². The van der Waals surface area contributed by atoms with Gasteiger partial charge in [-0.15, -0.1) is 0 Å².